The van der Waals surface area contributed by atoms with Crippen LogP contribution >= 0.6 is 0 Å². The van der Waals surface area contributed by atoms with Crippen molar-refractivity contribution in [2.75, 3.05) is 20.7 Å². The van der Waals surface area contributed by atoms with Gasteiger partial charge >= 0.3 is 12.1 Å². The van der Waals surface area contributed by atoms with E-state index in [9.17, 15) is 9.59 Å². The monoisotopic (exact) mass is 352 g/mol. The minimum absolute atomic E-state index is 0.121. The first-order chi connectivity index (χ1) is 11.9. The number of nitrogens with two attached hydrogens (primary N) is 1. The molecular weight excluding hydrogens is 324 g/mol. The zero-order valence-electron chi connectivity index (χ0n) is 15.4. The first-order valence-electron chi connectivity index (χ1n) is 8.33. The van der Waals surface area contributed by atoms with Gasteiger partial charge in [0.1, 0.15) is 5.75 Å². The smallest absolute Gasteiger partial charge is 0.412 e. The highest BCUT2D eigenvalue weighted by molar-refractivity contribution is 5.70. The molecule has 0 saturated carbocycles. The van der Waals surface area contributed by atoms with E-state index in [1.165, 1.54) is 11.8 Å². The predicted octanol–water partition coefficient (Wildman–Crippen LogP) is 2.32. The van der Waals surface area contributed by atoms with E-state index in [4.69, 9.17) is 19.9 Å². The number of hydrogen-bond donors (Lipinski definition) is 1. The Morgan fingerprint density at radius 1 is 1.20 bits per heavy atom. The molecule has 0 aromatic heterocycles. The number of nitrogens with zero attached hydrogens (tertiary/aromatic N) is 1. The fraction of sp³-hybridized carbons (Fsp3) is 0.556. The lowest BCUT2D eigenvalue weighted by Gasteiger charge is -2.26. The van der Waals surface area contributed by atoms with Gasteiger partial charge in [0.15, 0.2) is 0 Å². The van der Waals surface area contributed by atoms with E-state index in [2.05, 4.69) is 0 Å². The average Bonchev–Trinajstić information content (AvgIpc) is 2.59. The summed E-state index contributed by atoms with van der Waals surface area (Å²) in [6.45, 7) is 3.83. The van der Waals surface area contributed by atoms with Crippen molar-refractivity contribution < 1.29 is 23.8 Å². The van der Waals surface area contributed by atoms with E-state index in [1.807, 2.05) is 31.2 Å². The summed E-state index contributed by atoms with van der Waals surface area (Å²) in [5, 5.41) is 0. The number of esters is 1. The summed E-state index contributed by atoms with van der Waals surface area (Å²) in [5.41, 5.74) is 6.34. The van der Waals surface area contributed by atoms with Crippen LogP contribution in [0.3, 0.4) is 0 Å². The summed E-state index contributed by atoms with van der Waals surface area (Å²) in [4.78, 5) is 25.2. The van der Waals surface area contributed by atoms with Crippen molar-refractivity contribution >= 4 is 12.1 Å². The van der Waals surface area contributed by atoms with Gasteiger partial charge in [-0.2, -0.15) is 0 Å². The summed E-state index contributed by atoms with van der Waals surface area (Å²) in [5.74, 6) is 0.341. The maximum atomic E-state index is 12.2. The van der Waals surface area contributed by atoms with Crippen LogP contribution in [0.25, 0.3) is 0 Å². The predicted molar refractivity (Wildman–Crippen MR) is 94.2 cm³/mol. The maximum absolute atomic E-state index is 12.2. The number of amides is 1. The third-order valence-corrected chi connectivity index (χ3v) is 3.81. The second-order valence-corrected chi connectivity index (χ2v) is 5.81. The van der Waals surface area contributed by atoms with Gasteiger partial charge in [-0.1, -0.05) is 18.2 Å². The van der Waals surface area contributed by atoms with E-state index in [0.717, 1.165) is 11.3 Å². The number of carbonyl (C=O) groups excluding carboxylic acids is 2. The Morgan fingerprint density at radius 3 is 2.52 bits per heavy atom. The number of rotatable bonds is 9. The SMILES string of the molecule is COc1ccccc1CC(C)N(C)C(=O)OC(C)OC(=O)CCCN. The number of ether oxygens (including phenoxy) is 3. The number of hydrogen-bond acceptors (Lipinski definition) is 6. The Bertz CT molecular complexity index is 564. The van der Waals surface area contributed by atoms with Gasteiger partial charge in [0.05, 0.1) is 7.11 Å². The minimum Gasteiger partial charge on any atom is -0.496 e. The fourth-order valence-electron chi connectivity index (χ4n) is 2.25. The number of benzene rings is 1. The van der Waals surface area contributed by atoms with Crippen molar-refractivity contribution in [2.45, 2.75) is 45.4 Å². The van der Waals surface area contributed by atoms with E-state index in [0.29, 0.717) is 19.4 Å². The molecule has 0 fully saturated rings. The summed E-state index contributed by atoms with van der Waals surface area (Å²) in [7, 11) is 3.26. The molecule has 0 bridgehead atoms. The second kappa shape index (κ2) is 10.6. The zero-order valence-corrected chi connectivity index (χ0v) is 15.4. The van der Waals surface area contributed by atoms with Crippen molar-refractivity contribution in [3.05, 3.63) is 29.8 Å². The molecule has 0 aliphatic carbocycles. The van der Waals surface area contributed by atoms with Gasteiger partial charge in [-0.05, 0) is 37.9 Å². The molecular formula is C18H28N2O5. The molecule has 0 radical (unpaired) electrons. The van der Waals surface area contributed by atoms with Crippen molar-refractivity contribution in [3.8, 4) is 5.75 Å². The average molecular weight is 352 g/mol. The topological polar surface area (TPSA) is 91.1 Å². The molecule has 1 aromatic carbocycles. The Morgan fingerprint density at radius 2 is 1.88 bits per heavy atom. The van der Waals surface area contributed by atoms with Crippen molar-refractivity contribution in [2.24, 2.45) is 5.73 Å². The van der Waals surface area contributed by atoms with E-state index >= 15 is 0 Å². The highest BCUT2D eigenvalue weighted by Crippen LogP contribution is 2.20. The van der Waals surface area contributed by atoms with E-state index < -0.39 is 18.4 Å². The molecule has 1 aromatic rings. The van der Waals surface area contributed by atoms with Crippen molar-refractivity contribution in [1.29, 1.82) is 0 Å². The molecule has 7 nitrogen and oxygen atoms in total. The van der Waals surface area contributed by atoms with Crippen LogP contribution in [0.2, 0.25) is 0 Å². The molecule has 1 amide bonds. The maximum Gasteiger partial charge on any atom is 0.412 e. The lowest BCUT2D eigenvalue weighted by atomic mass is 10.1. The van der Waals surface area contributed by atoms with E-state index in [-0.39, 0.29) is 12.5 Å². The lowest BCUT2D eigenvalue weighted by Crippen LogP contribution is -2.39. The van der Waals surface area contributed by atoms with Gasteiger partial charge in [0, 0.05) is 26.4 Å². The van der Waals surface area contributed by atoms with Crippen LogP contribution in [0, 0.1) is 0 Å². The van der Waals surface area contributed by atoms with Crippen molar-refractivity contribution in [1.82, 2.24) is 4.90 Å². The highest BCUT2D eigenvalue weighted by atomic mass is 16.7. The summed E-state index contributed by atoms with van der Waals surface area (Å²) < 4.78 is 15.5. The Balaban J connectivity index is 2.53. The fourth-order valence-corrected chi connectivity index (χ4v) is 2.25. The van der Waals surface area contributed by atoms with Crippen LogP contribution < -0.4 is 10.5 Å². The standard InChI is InChI=1S/C18H28N2O5/c1-13(12-15-8-5-6-9-16(15)23-4)20(3)18(22)25-14(2)24-17(21)10-7-11-19/h5-6,8-9,13-14H,7,10-12,19H2,1-4H3. The molecule has 7 heteroatoms. The molecule has 2 atom stereocenters. The van der Waals surface area contributed by atoms with Gasteiger partial charge in [-0.25, -0.2) is 4.79 Å². The molecule has 25 heavy (non-hydrogen) atoms. The second-order valence-electron chi connectivity index (χ2n) is 5.81. The number of carbonyl (C=O) groups is 2. The van der Waals surface area contributed by atoms with Gasteiger partial charge in [-0.3, -0.25) is 4.79 Å². The molecule has 2 unspecified atom stereocenters. The van der Waals surface area contributed by atoms with Crippen LogP contribution in [0.5, 0.6) is 5.75 Å². The summed E-state index contributed by atoms with van der Waals surface area (Å²) in [6, 6.07) is 7.53. The quantitative estimate of drug-likeness (QED) is 0.542. The summed E-state index contributed by atoms with van der Waals surface area (Å²) >= 11 is 0. The Labute approximate surface area is 149 Å². The van der Waals surface area contributed by atoms with Crippen molar-refractivity contribution in [3.63, 3.8) is 0 Å². The molecule has 0 saturated heterocycles. The van der Waals surface area contributed by atoms with Gasteiger partial charge in [0.2, 0.25) is 6.29 Å². The Kier molecular flexibility index (Phi) is 8.77. The summed E-state index contributed by atoms with van der Waals surface area (Å²) in [6.07, 6.45) is -0.145. The van der Waals surface area contributed by atoms with Gasteiger partial charge in [0.25, 0.3) is 0 Å². The molecule has 0 aliphatic heterocycles. The van der Waals surface area contributed by atoms with Crippen LogP contribution in [-0.4, -0.2) is 50.0 Å². The minimum atomic E-state index is -0.946. The largest absolute Gasteiger partial charge is 0.496 e. The van der Waals surface area contributed by atoms with Crippen LogP contribution in [0.4, 0.5) is 4.79 Å². The third-order valence-electron chi connectivity index (χ3n) is 3.81. The zero-order chi connectivity index (χ0) is 18.8. The molecule has 1 rings (SSSR count). The van der Waals surface area contributed by atoms with Gasteiger partial charge < -0.3 is 24.8 Å². The molecule has 0 heterocycles. The lowest BCUT2D eigenvalue weighted by molar-refractivity contribution is -0.166. The van der Waals surface area contributed by atoms with Crippen LogP contribution in [0.15, 0.2) is 24.3 Å². The third kappa shape index (κ3) is 7.01. The van der Waals surface area contributed by atoms with Crippen LogP contribution in [-0.2, 0) is 20.7 Å². The normalized spacial score (nSPS) is 12.8. The molecule has 0 spiro atoms. The number of likely N-dealkylation sites (N-methyl/N-ethyl adjacent to an activating group) is 1. The first kappa shape index (κ1) is 20.8. The molecule has 140 valence electrons. The molecule has 2 N–H and O–H groups in total. The Hall–Kier alpha value is -2.28. The van der Waals surface area contributed by atoms with Gasteiger partial charge in [-0.15, -0.1) is 0 Å². The number of para-hydroxylation sites is 1. The van der Waals surface area contributed by atoms with E-state index in [1.54, 1.807) is 14.2 Å². The van der Waals surface area contributed by atoms with Crippen LogP contribution in [0.1, 0.15) is 32.3 Å². The highest BCUT2D eigenvalue weighted by Gasteiger charge is 2.22. The number of methoxy groups -OCH3 is 1. The molecule has 0 aliphatic rings. The first-order valence-corrected chi connectivity index (χ1v) is 8.33.